The molecule has 0 unspecified atom stereocenters. The molecular formula is C28H36BrN5O4Si. The number of nitrogens with one attached hydrogen (secondary N) is 2. The number of hydrogen-bond acceptors (Lipinski definition) is 6. The molecule has 4 rings (SSSR count). The molecule has 3 N–H and O–H groups in total. The normalized spacial score (nSPS) is 20.1. The number of piperidine rings is 1. The van der Waals surface area contributed by atoms with Gasteiger partial charge in [-0.3, -0.25) is 9.78 Å². The summed E-state index contributed by atoms with van der Waals surface area (Å²) in [6, 6.07) is 10.7. The first-order chi connectivity index (χ1) is 18.2. The second kappa shape index (κ2) is 11.2. The standard InChI is InChI=1S/C28H36BrN5O4Si/c1-17-15-34(16-23(33-27(36)37)25(17)38-39(5,6)28(2,3)4)24-11-12-30-14-22(24)32-26(35)20-10-8-18-7-9-19(29)13-21(18)31-20/h7-14,17,23,25,33H,15-16H2,1-6H3,(H,32,35)(H,36,37)/t17-,23+,25-/m0/s1. The number of carboxylic acid groups (broad SMARTS) is 1. The number of carbonyl (C=O) groups is 2. The van der Waals surface area contributed by atoms with Crippen LogP contribution < -0.4 is 15.5 Å². The zero-order valence-electron chi connectivity index (χ0n) is 23.2. The van der Waals surface area contributed by atoms with E-state index in [1.54, 1.807) is 18.5 Å². The van der Waals surface area contributed by atoms with Crippen LogP contribution in [0.25, 0.3) is 10.9 Å². The number of pyridine rings is 2. The van der Waals surface area contributed by atoms with E-state index in [1.807, 2.05) is 30.3 Å². The number of aromatic nitrogens is 2. The monoisotopic (exact) mass is 613 g/mol. The van der Waals surface area contributed by atoms with E-state index >= 15 is 0 Å². The third-order valence-corrected chi connectivity index (χ3v) is 12.7. The van der Waals surface area contributed by atoms with E-state index in [0.29, 0.717) is 24.3 Å². The lowest BCUT2D eigenvalue weighted by Crippen LogP contribution is -2.62. The molecule has 0 bridgehead atoms. The second-order valence-electron chi connectivity index (χ2n) is 11.7. The molecular weight excluding hydrogens is 578 g/mol. The van der Waals surface area contributed by atoms with E-state index < -0.39 is 20.5 Å². The molecule has 208 valence electrons. The van der Waals surface area contributed by atoms with Gasteiger partial charge >= 0.3 is 6.09 Å². The van der Waals surface area contributed by atoms with Gasteiger partial charge in [0.25, 0.3) is 5.91 Å². The van der Waals surface area contributed by atoms with Crippen molar-refractivity contribution in [2.45, 2.75) is 58.0 Å². The Morgan fingerprint density at radius 3 is 2.56 bits per heavy atom. The molecule has 0 radical (unpaired) electrons. The summed E-state index contributed by atoms with van der Waals surface area (Å²) >= 11 is 3.45. The summed E-state index contributed by atoms with van der Waals surface area (Å²) in [6.45, 7) is 14.0. The number of hydrogen-bond donors (Lipinski definition) is 3. The van der Waals surface area contributed by atoms with Crippen LogP contribution >= 0.6 is 15.9 Å². The first-order valence-corrected chi connectivity index (χ1v) is 16.7. The van der Waals surface area contributed by atoms with E-state index in [-0.39, 0.29) is 28.7 Å². The SMILES string of the molecule is C[C@H]1CN(c2ccncc2NC(=O)c2ccc3ccc(Br)cc3n2)C[C@@H](NC(=O)O)[C@H]1O[Si](C)(C)C(C)(C)C. The minimum absolute atomic E-state index is 0.00689. The van der Waals surface area contributed by atoms with Gasteiger partial charge in [0.2, 0.25) is 0 Å². The van der Waals surface area contributed by atoms with E-state index in [4.69, 9.17) is 4.43 Å². The van der Waals surface area contributed by atoms with Crippen molar-refractivity contribution in [3.63, 3.8) is 0 Å². The molecule has 0 aliphatic carbocycles. The number of carbonyl (C=O) groups excluding carboxylic acids is 1. The summed E-state index contributed by atoms with van der Waals surface area (Å²) in [6.07, 6.45) is 1.92. The number of rotatable bonds is 6. The lowest BCUT2D eigenvalue weighted by Gasteiger charge is -2.48. The number of fused-ring (bicyclic) bond motifs is 1. The highest BCUT2D eigenvalue weighted by Gasteiger charge is 2.45. The molecule has 3 atom stereocenters. The quantitative estimate of drug-likeness (QED) is 0.286. The third kappa shape index (κ3) is 6.59. The Kier molecular flexibility index (Phi) is 8.34. The van der Waals surface area contributed by atoms with Crippen LogP contribution in [0.2, 0.25) is 18.1 Å². The molecule has 2 aromatic heterocycles. The Hall–Kier alpha value is -3.02. The van der Waals surface area contributed by atoms with Crippen molar-refractivity contribution in [2.24, 2.45) is 5.92 Å². The summed E-state index contributed by atoms with van der Waals surface area (Å²) in [4.78, 5) is 35.8. The maximum absolute atomic E-state index is 13.2. The van der Waals surface area contributed by atoms with Gasteiger partial charge in [-0.15, -0.1) is 0 Å². The predicted octanol–water partition coefficient (Wildman–Crippen LogP) is 6.13. The Bertz CT molecular complexity index is 1380. The maximum Gasteiger partial charge on any atom is 0.405 e. The van der Waals surface area contributed by atoms with Crippen molar-refractivity contribution in [1.29, 1.82) is 0 Å². The van der Waals surface area contributed by atoms with Crippen molar-refractivity contribution in [3.8, 4) is 0 Å². The molecule has 1 aliphatic heterocycles. The van der Waals surface area contributed by atoms with E-state index in [1.165, 1.54) is 0 Å². The maximum atomic E-state index is 13.2. The number of benzene rings is 1. The van der Waals surface area contributed by atoms with Crippen LogP contribution in [-0.2, 0) is 4.43 Å². The lowest BCUT2D eigenvalue weighted by molar-refractivity contribution is 0.0722. The minimum Gasteiger partial charge on any atom is -0.465 e. The summed E-state index contributed by atoms with van der Waals surface area (Å²) in [5, 5.41) is 16.2. The smallest absolute Gasteiger partial charge is 0.405 e. The zero-order chi connectivity index (χ0) is 28.5. The fraction of sp³-hybridized carbons (Fsp3) is 0.429. The van der Waals surface area contributed by atoms with Crippen LogP contribution in [0, 0.1) is 5.92 Å². The van der Waals surface area contributed by atoms with Crippen LogP contribution in [0.4, 0.5) is 16.2 Å². The van der Waals surface area contributed by atoms with Gasteiger partial charge in [0.15, 0.2) is 8.32 Å². The molecule has 39 heavy (non-hydrogen) atoms. The Morgan fingerprint density at radius 1 is 1.15 bits per heavy atom. The summed E-state index contributed by atoms with van der Waals surface area (Å²) in [5.41, 5.74) is 2.29. The second-order valence-corrected chi connectivity index (χ2v) is 17.3. The van der Waals surface area contributed by atoms with Crippen LogP contribution in [0.15, 0.2) is 53.3 Å². The van der Waals surface area contributed by atoms with Gasteiger partial charge in [-0.25, -0.2) is 9.78 Å². The Balaban J connectivity index is 1.58. The Labute approximate surface area is 238 Å². The number of halogens is 1. The van der Waals surface area contributed by atoms with E-state index in [0.717, 1.165) is 15.5 Å². The van der Waals surface area contributed by atoms with E-state index in [9.17, 15) is 14.7 Å². The van der Waals surface area contributed by atoms with Crippen molar-refractivity contribution < 1.29 is 19.1 Å². The molecule has 0 saturated carbocycles. The fourth-order valence-corrected chi connectivity index (χ4v) is 6.40. The number of anilines is 2. The van der Waals surface area contributed by atoms with E-state index in [2.05, 4.69) is 82.2 Å². The highest BCUT2D eigenvalue weighted by Crippen LogP contribution is 2.40. The van der Waals surface area contributed by atoms with Crippen LogP contribution in [0.5, 0.6) is 0 Å². The highest BCUT2D eigenvalue weighted by atomic mass is 79.9. The van der Waals surface area contributed by atoms with Crippen LogP contribution in [0.1, 0.15) is 38.2 Å². The van der Waals surface area contributed by atoms with Gasteiger partial charge in [0, 0.05) is 35.1 Å². The van der Waals surface area contributed by atoms with Gasteiger partial charge < -0.3 is 25.1 Å². The van der Waals surface area contributed by atoms with Crippen molar-refractivity contribution in [2.75, 3.05) is 23.3 Å². The minimum atomic E-state index is -2.15. The highest BCUT2D eigenvalue weighted by molar-refractivity contribution is 9.10. The average molecular weight is 615 g/mol. The molecule has 1 saturated heterocycles. The largest absolute Gasteiger partial charge is 0.465 e. The first-order valence-electron chi connectivity index (χ1n) is 13.0. The molecule has 9 nitrogen and oxygen atoms in total. The van der Waals surface area contributed by atoms with Crippen molar-refractivity contribution in [1.82, 2.24) is 15.3 Å². The van der Waals surface area contributed by atoms with Crippen LogP contribution in [-0.4, -0.2) is 60.6 Å². The molecule has 1 aliphatic rings. The third-order valence-electron chi connectivity index (χ3n) is 7.70. The summed E-state index contributed by atoms with van der Waals surface area (Å²) in [7, 11) is -2.15. The predicted molar refractivity (Wildman–Crippen MR) is 160 cm³/mol. The number of nitrogens with zero attached hydrogens (tertiary/aromatic N) is 3. The summed E-state index contributed by atoms with van der Waals surface area (Å²) < 4.78 is 7.63. The number of amides is 2. The average Bonchev–Trinajstić information content (AvgIpc) is 2.84. The molecule has 11 heteroatoms. The molecule has 3 aromatic rings. The molecule has 1 fully saturated rings. The fourth-order valence-electron chi connectivity index (χ4n) is 4.62. The molecule has 1 aromatic carbocycles. The van der Waals surface area contributed by atoms with Gasteiger partial charge in [-0.1, -0.05) is 55.8 Å². The van der Waals surface area contributed by atoms with Gasteiger partial charge in [-0.2, -0.15) is 0 Å². The topological polar surface area (TPSA) is 117 Å². The lowest BCUT2D eigenvalue weighted by atomic mass is 9.92. The molecule has 2 amide bonds. The van der Waals surface area contributed by atoms with Gasteiger partial charge in [0.1, 0.15) is 5.69 Å². The zero-order valence-corrected chi connectivity index (χ0v) is 25.7. The van der Waals surface area contributed by atoms with Gasteiger partial charge in [0.05, 0.1) is 35.2 Å². The molecule has 3 heterocycles. The molecule has 0 spiro atoms. The van der Waals surface area contributed by atoms with Gasteiger partial charge in [-0.05, 0) is 42.4 Å². The summed E-state index contributed by atoms with van der Waals surface area (Å²) in [5.74, 6) is -0.322. The first kappa shape index (κ1) is 29.0. The van der Waals surface area contributed by atoms with Crippen molar-refractivity contribution >= 4 is 58.5 Å². The van der Waals surface area contributed by atoms with Crippen LogP contribution in [0.3, 0.4) is 0 Å². The Morgan fingerprint density at radius 2 is 1.87 bits per heavy atom. The van der Waals surface area contributed by atoms with Crippen molar-refractivity contribution in [3.05, 3.63) is 59.0 Å².